The number of halogens is 2. The van der Waals surface area contributed by atoms with Crippen LogP contribution in [0.15, 0.2) is 72.9 Å². The number of amides is 1. The zero-order valence-electron chi connectivity index (χ0n) is 19.5. The van der Waals surface area contributed by atoms with Gasteiger partial charge in [0.15, 0.2) is 0 Å². The topological polar surface area (TPSA) is 77.2 Å². The van der Waals surface area contributed by atoms with Gasteiger partial charge < -0.3 is 20.7 Å². The first-order valence-corrected chi connectivity index (χ1v) is 11.7. The SMILES string of the molecule is CCc1cccc(CNCC(O)C(Cc2cc(F)cc(F)c2)NC(=O)c2c[nH]c3ccccc23)c1. The van der Waals surface area contributed by atoms with Crippen LogP contribution in [-0.2, 0) is 19.4 Å². The number of fused-ring (bicyclic) bond motifs is 1. The molecule has 1 heterocycles. The molecule has 4 rings (SSSR count). The predicted octanol–water partition coefficient (Wildman–Crippen LogP) is 4.50. The van der Waals surface area contributed by atoms with E-state index in [2.05, 4.69) is 34.7 Å². The summed E-state index contributed by atoms with van der Waals surface area (Å²) in [6.45, 7) is 2.82. The molecule has 3 aromatic carbocycles. The van der Waals surface area contributed by atoms with Crippen LogP contribution in [-0.4, -0.2) is 34.7 Å². The lowest BCUT2D eigenvalue weighted by atomic mass is 10.00. The molecule has 0 saturated carbocycles. The van der Waals surface area contributed by atoms with Crippen molar-refractivity contribution in [2.45, 2.75) is 38.5 Å². The molecule has 0 saturated heterocycles. The maximum atomic E-state index is 13.8. The van der Waals surface area contributed by atoms with Crippen LogP contribution >= 0.6 is 0 Å². The molecule has 1 aromatic heterocycles. The van der Waals surface area contributed by atoms with Crippen molar-refractivity contribution < 1.29 is 18.7 Å². The number of hydrogen-bond acceptors (Lipinski definition) is 3. The summed E-state index contributed by atoms with van der Waals surface area (Å²) in [6, 6.07) is 18.0. The fourth-order valence-corrected chi connectivity index (χ4v) is 4.24. The minimum absolute atomic E-state index is 0.0664. The van der Waals surface area contributed by atoms with Crippen LogP contribution in [0.1, 0.15) is 34.0 Å². The number of carbonyl (C=O) groups excluding carboxylic acids is 1. The highest BCUT2D eigenvalue weighted by atomic mass is 19.1. The molecule has 0 bridgehead atoms. The summed E-state index contributed by atoms with van der Waals surface area (Å²) < 4.78 is 27.6. The molecule has 0 aliphatic heterocycles. The first kappa shape index (κ1) is 24.6. The lowest BCUT2D eigenvalue weighted by molar-refractivity contribution is 0.0831. The Hall–Kier alpha value is -3.55. The largest absolute Gasteiger partial charge is 0.390 e. The summed E-state index contributed by atoms with van der Waals surface area (Å²) in [7, 11) is 0. The molecule has 0 fully saturated rings. The van der Waals surface area contributed by atoms with Gasteiger partial charge in [-0.15, -0.1) is 0 Å². The highest BCUT2D eigenvalue weighted by molar-refractivity contribution is 6.06. The fourth-order valence-electron chi connectivity index (χ4n) is 4.24. The summed E-state index contributed by atoms with van der Waals surface area (Å²) >= 11 is 0. The third-order valence-corrected chi connectivity index (χ3v) is 6.08. The smallest absolute Gasteiger partial charge is 0.253 e. The molecule has 182 valence electrons. The zero-order chi connectivity index (χ0) is 24.8. The Labute approximate surface area is 203 Å². The predicted molar refractivity (Wildman–Crippen MR) is 133 cm³/mol. The van der Waals surface area contributed by atoms with Gasteiger partial charge in [0.25, 0.3) is 5.91 Å². The zero-order valence-corrected chi connectivity index (χ0v) is 19.5. The molecule has 7 heteroatoms. The first-order valence-electron chi connectivity index (χ1n) is 11.7. The number of aliphatic hydroxyl groups is 1. The maximum Gasteiger partial charge on any atom is 0.253 e. The van der Waals surface area contributed by atoms with E-state index in [-0.39, 0.29) is 18.9 Å². The van der Waals surface area contributed by atoms with Crippen LogP contribution in [0.4, 0.5) is 8.78 Å². The molecule has 0 aliphatic rings. The molecule has 0 aliphatic carbocycles. The van der Waals surface area contributed by atoms with Crippen molar-refractivity contribution in [1.82, 2.24) is 15.6 Å². The average molecular weight is 478 g/mol. The summed E-state index contributed by atoms with van der Waals surface area (Å²) in [6.07, 6.45) is 1.62. The van der Waals surface area contributed by atoms with E-state index in [4.69, 9.17) is 0 Å². The quantitative estimate of drug-likeness (QED) is 0.272. The van der Waals surface area contributed by atoms with Crippen LogP contribution in [0.2, 0.25) is 0 Å². The molecule has 0 spiro atoms. The van der Waals surface area contributed by atoms with Gasteiger partial charge in [-0.3, -0.25) is 4.79 Å². The molecule has 35 heavy (non-hydrogen) atoms. The lowest BCUT2D eigenvalue weighted by Gasteiger charge is -2.25. The van der Waals surface area contributed by atoms with E-state index >= 15 is 0 Å². The Bertz CT molecular complexity index is 1280. The van der Waals surface area contributed by atoms with E-state index in [0.29, 0.717) is 17.7 Å². The van der Waals surface area contributed by atoms with Gasteiger partial charge in [0.05, 0.1) is 17.7 Å². The van der Waals surface area contributed by atoms with Crippen molar-refractivity contribution >= 4 is 16.8 Å². The summed E-state index contributed by atoms with van der Waals surface area (Å²) in [5.74, 6) is -1.78. The Kier molecular flexibility index (Phi) is 7.90. The van der Waals surface area contributed by atoms with Gasteiger partial charge in [-0.2, -0.15) is 0 Å². The summed E-state index contributed by atoms with van der Waals surface area (Å²) in [5, 5.41) is 17.8. The molecule has 0 radical (unpaired) electrons. The minimum Gasteiger partial charge on any atom is -0.390 e. The second-order valence-corrected chi connectivity index (χ2v) is 8.68. The van der Waals surface area contributed by atoms with E-state index in [9.17, 15) is 18.7 Å². The lowest BCUT2D eigenvalue weighted by Crippen LogP contribution is -2.48. The molecule has 5 nitrogen and oxygen atoms in total. The highest BCUT2D eigenvalue weighted by Crippen LogP contribution is 2.19. The van der Waals surface area contributed by atoms with Crippen molar-refractivity contribution in [1.29, 1.82) is 0 Å². The van der Waals surface area contributed by atoms with Gasteiger partial charge >= 0.3 is 0 Å². The third kappa shape index (κ3) is 6.32. The molecule has 4 N–H and O–H groups in total. The number of carbonyl (C=O) groups is 1. The normalized spacial score (nSPS) is 13.0. The molecular formula is C28H29F2N3O2. The van der Waals surface area contributed by atoms with Crippen LogP contribution in [0, 0.1) is 11.6 Å². The number of aryl methyl sites for hydroxylation is 1. The van der Waals surface area contributed by atoms with E-state index in [1.165, 1.54) is 17.7 Å². The van der Waals surface area contributed by atoms with Gasteiger partial charge in [-0.1, -0.05) is 49.4 Å². The van der Waals surface area contributed by atoms with Crippen molar-refractivity contribution in [3.63, 3.8) is 0 Å². The fraction of sp³-hybridized carbons (Fsp3) is 0.250. The molecule has 2 atom stereocenters. The maximum absolute atomic E-state index is 13.8. The highest BCUT2D eigenvalue weighted by Gasteiger charge is 2.24. The van der Waals surface area contributed by atoms with Gasteiger partial charge in [0.2, 0.25) is 0 Å². The van der Waals surface area contributed by atoms with E-state index in [1.54, 1.807) is 6.20 Å². The Morgan fingerprint density at radius 1 is 0.971 bits per heavy atom. The summed E-state index contributed by atoms with van der Waals surface area (Å²) in [5.41, 5.74) is 3.91. The standard InChI is InChI=1S/C28H29F2N3O2/c1-2-18-6-5-7-19(10-18)15-31-17-27(34)26(13-20-11-21(29)14-22(30)12-20)33-28(35)24-16-32-25-9-4-3-8-23(24)25/h3-12,14,16,26-27,31-32,34H,2,13,15,17H2,1H3,(H,33,35). The van der Waals surface area contributed by atoms with Gasteiger partial charge in [-0.05, 0) is 47.7 Å². The van der Waals surface area contributed by atoms with Crippen LogP contribution in [0.3, 0.4) is 0 Å². The molecule has 1 amide bonds. The number of aromatic amines is 1. The Balaban J connectivity index is 1.49. The number of aliphatic hydroxyl groups excluding tert-OH is 1. The van der Waals surface area contributed by atoms with E-state index in [0.717, 1.165) is 29.0 Å². The van der Waals surface area contributed by atoms with Crippen LogP contribution in [0.5, 0.6) is 0 Å². The van der Waals surface area contributed by atoms with Crippen molar-refractivity contribution in [3.8, 4) is 0 Å². The monoisotopic (exact) mass is 477 g/mol. The van der Waals surface area contributed by atoms with Gasteiger partial charge in [-0.25, -0.2) is 8.78 Å². The number of hydrogen-bond donors (Lipinski definition) is 4. The van der Waals surface area contributed by atoms with Crippen LogP contribution in [0.25, 0.3) is 10.9 Å². The first-order chi connectivity index (χ1) is 16.9. The second-order valence-electron chi connectivity index (χ2n) is 8.68. The molecule has 2 unspecified atom stereocenters. The average Bonchev–Trinajstić information content (AvgIpc) is 3.27. The number of para-hydroxylation sites is 1. The van der Waals surface area contributed by atoms with E-state index in [1.807, 2.05) is 36.4 Å². The van der Waals surface area contributed by atoms with Crippen molar-refractivity contribution in [3.05, 3.63) is 107 Å². The number of nitrogens with one attached hydrogen (secondary N) is 3. The van der Waals surface area contributed by atoms with Gasteiger partial charge in [0, 0.05) is 36.3 Å². The van der Waals surface area contributed by atoms with Crippen molar-refractivity contribution in [2.75, 3.05) is 6.54 Å². The number of H-pyrrole nitrogens is 1. The summed E-state index contributed by atoms with van der Waals surface area (Å²) in [4.78, 5) is 16.2. The van der Waals surface area contributed by atoms with E-state index < -0.39 is 23.8 Å². The van der Waals surface area contributed by atoms with Crippen molar-refractivity contribution in [2.24, 2.45) is 0 Å². The minimum atomic E-state index is -0.996. The number of aromatic nitrogens is 1. The van der Waals surface area contributed by atoms with Gasteiger partial charge in [0.1, 0.15) is 11.6 Å². The molecular weight excluding hydrogens is 448 g/mol. The Morgan fingerprint density at radius 3 is 2.49 bits per heavy atom. The second kappa shape index (κ2) is 11.3. The molecule has 4 aromatic rings. The van der Waals surface area contributed by atoms with Crippen LogP contribution < -0.4 is 10.6 Å². The third-order valence-electron chi connectivity index (χ3n) is 6.08. The number of rotatable bonds is 10. The Morgan fingerprint density at radius 2 is 1.71 bits per heavy atom. The number of benzene rings is 3.